The Bertz CT molecular complexity index is 324. The number of carbonyl (C=O) groups excluding carboxylic acids is 1. The van der Waals surface area contributed by atoms with Crippen molar-refractivity contribution in [1.82, 2.24) is 9.80 Å². The van der Waals surface area contributed by atoms with E-state index >= 15 is 0 Å². The maximum atomic E-state index is 11.5. The molecule has 0 spiro atoms. The highest BCUT2D eigenvalue weighted by Crippen LogP contribution is 2.22. The van der Waals surface area contributed by atoms with Crippen LogP contribution in [-0.4, -0.2) is 37.0 Å². The molecular weight excluding hydrogens is 220 g/mol. The van der Waals surface area contributed by atoms with Crippen LogP contribution >= 0.6 is 22.9 Å². The van der Waals surface area contributed by atoms with Gasteiger partial charge in [0.1, 0.15) is 0 Å². The van der Waals surface area contributed by atoms with Gasteiger partial charge in [-0.15, -0.1) is 11.3 Å². The summed E-state index contributed by atoms with van der Waals surface area (Å²) in [5.41, 5.74) is 0. The lowest BCUT2D eigenvalue weighted by atomic mass is 10.4. The number of urea groups is 1. The zero-order chi connectivity index (χ0) is 10.7. The molecule has 2 amide bonds. The van der Waals surface area contributed by atoms with Gasteiger partial charge in [-0.25, -0.2) is 4.79 Å². The first-order chi connectivity index (χ1) is 6.50. The minimum atomic E-state index is -0.00507. The molecule has 5 heteroatoms. The van der Waals surface area contributed by atoms with Crippen LogP contribution < -0.4 is 0 Å². The third-order valence-corrected chi connectivity index (χ3v) is 2.95. The summed E-state index contributed by atoms with van der Waals surface area (Å²) in [7, 11) is 5.25. The van der Waals surface area contributed by atoms with Crippen LogP contribution in [-0.2, 0) is 6.54 Å². The molecule has 0 N–H and O–H groups in total. The highest BCUT2D eigenvalue weighted by molar-refractivity contribution is 7.16. The van der Waals surface area contributed by atoms with E-state index in [4.69, 9.17) is 11.6 Å². The monoisotopic (exact) mass is 232 g/mol. The van der Waals surface area contributed by atoms with Gasteiger partial charge < -0.3 is 9.80 Å². The van der Waals surface area contributed by atoms with Crippen molar-refractivity contribution in [3.05, 3.63) is 21.3 Å². The van der Waals surface area contributed by atoms with Crippen LogP contribution in [0.5, 0.6) is 0 Å². The molecule has 0 radical (unpaired) electrons. The molecule has 1 rings (SSSR count). The summed E-state index contributed by atoms with van der Waals surface area (Å²) < 4.78 is 0.755. The highest BCUT2D eigenvalue weighted by atomic mass is 35.5. The molecule has 1 aromatic heterocycles. The van der Waals surface area contributed by atoms with Crippen molar-refractivity contribution < 1.29 is 4.79 Å². The Labute approximate surface area is 92.9 Å². The fourth-order valence-corrected chi connectivity index (χ4v) is 2.22. The molecule has 1 aromatic rings. The van der Waals surface area contributed by atoms with Crippen LogP contribution in [0.2, 0.25) is 4.34 Å². The van der Waals surface area contributed by atoms with E-state index in [1.807, 2.05) is 12.1 Å². The topological polar surface area (TPSA) is 23.6 Å². The average molecular weight is 233 g/mol. The summed E-state index contributed by atoms with van der Waals surface area (Å²) in [5, 5.41) is 0. The fourth-order valence-electron chi connectivity index (χ4n) is 1.08. The highest BCUT2D eigenvalue weighted by Gasteiger charge is 2.11. The van der Waals surface area contributed by atoms with Crippen molar-refractivity contribution in [2.24, 2.45) is 0 Å². The number of carbonyl (C=O) groups is 1. The van der Waals surface area contributed by atoms with E-state index < -0.39 is 0 Å². The lowest BCUT2D eigenvalue weighted by Gasteiger charge is -2.20. The second kappa shape index (κ2) is 4.66. The standard InChI is InChI=1S/C9H13ClN2OS/c1-11(2)9(13)12(3)6-7-4-5-8(10)14-7/h4-5H,6H2,1-3H3. The number of amides is 2. The molecule has 0 aliphatic carbocycles. The van der Waals surface area contributed by atoms with Crippen LogP contribution in [0.4, 0.5) is 4.79 Å². The van der Waals surface area contributed by atoms with Crippen molar-refractivity contribution in [2.75, 3.05) is 21.1 Å². The molecule has 0 unspecified atom stereocenters. The first-order valence-electron chi connectivity index (χ1n) is 4.17. The number of nitrogens with zero attached hydrogens (tertiary/aromatic N) is 2. The summed E-state index contributed by atoms with van der Waals surface area (Å²) in [6.07, 6.45) is 0. The van der Waals surface area contributed by atoms with Crippen molar-refractivity contribution in [3.8, 4) is 0 Å². The summed E-state index contributed by atoms with van der Waals surface area (Å²) in [6.45, 7) is 0.606. The van der Waals surface area contributed by atoms with Crippen LogP contribution in [0.3, 0.4) is 0 Å². The van der Waals surface area contributed by atoms with E-state index in [1.165, 1.54) is 11.3 Å². The normalized spacial score (nSPS) is 10.0. The van der Waals surface area contributed by atoms with Crippen molar-refractivity contribution in [3.63, 3.8) is 0 Å². The number of thiophene rings is 1. The van der Waals surface area contributed by atoms with Crippen LogP contribution in [0, 0.1) is 0 Å². The zero-order valence-corrected chi connectivity index (χ0v) is 10.0. The Morgan fingerprint density at radius 1 is 1.43 bits per heavy atom. The Morgan fingerprint density at radius 3 is 2.50 bits per heavy atom. The fraction of sp³-hybridized carbons (Fsp3) is 0.444. The molecule has 78 valence electrons. The molecule has 0 atom stereocenters. The van der Waals surface area contributed by atoms with Gasteiger partial charge in [-0.2, -0.15) is 0 Å². The molecule has 3 nitrogen and oxygen atoms in total. The Hall–Kier alpha value is -0.740. The van der Waals surface area contributed by atoms with Crippen LogP contribution in [0.25, 0.3) is 0 Å². The molecule has 14 heavy (non-hydrogen) atoms. The predicted octanol–water partition coefficient (Wildman–Crippen LogP) is 2.51. The van der Waals surface area contributed by atoms with Crippen molar-refractivity contribution >= 4 is 29.0 Å². The van der Waals surface area contributed by atoms with Gasteiger partial charge in [-0.3, -0.25) is 0 Å². The number of hydrogen-bond donors (Lipinski definition) is 0. The largest absolute Gasteiger partial charge is 0.331 e. The summed E-state index contributed by atoms with van der Waals surface area (Å²) in [4.78, 5) is 15.8. The second-order valence-corrected chi connectivity index (χ2v) is 5.04. The average Bonchev–Trinajstić information content (AvgIpc) is 2.49. The Morgan fingerprint density at radius 2 is 2.07 bits per heavy atom. The third-order valence-electron chi connectivity index (χ3n) is 1.73. The van der Waals surface area contributed by atoms with E-state index in [1.54, 1.807) is 30.9 Å². The second-order valence-electron chi connectivity index (χ2n) is 3.24. The first kappa shape index (κ1) is 11.3. The zero-order valence-electron chi connectivity index (χ0n) is 8.45. The van der Waals surface area contributed by atoms with Crippen LogP contribution in [0.15, 0.2) is 12.1 Å². The van der Waals surface area contributed by atoms with Gasteiger partial charge in [0.15, 0.2) is 0 Å². The molecule has 0 fully saturated rings. The number of rotatable bonds is 2. The summed E-state index contributed by atoms with van der Waals surface area (Å²) in [5.74, 6) is 0. The van der Waals surface area contributed by atoms with Gasteiger partial charge in [-0.1, -0.05) is 11.6 Å². The van der Waals surface area contributed by atoms with E-state index in [0.29, 0.717) is 6.54 Å². The molecule has 0 aliphatic rings. The number of halogens is 1. The quantitative estimate of drug-likeness (QED) is 0.769. The van der Waals surface area contributed by atoms with Gasteiger partial charge in [-0.05, 0) is 12.1 Å². The minimum absolute atomic E-state index is 0.00507. The van der Waals surface area contributed by atoms with Gasteiger partial charge in [0.05, 0.1) is 10.9 Å². The van der Waals surface area contributed by atoms with Crippen LogP contribution in [0.1, 0.15) is 4.88 Å². The van der Waals surface area contributed by atoms with E-state index in [0.717, 1.165) is 9.21 Å². The van der Waals surface area contributed by atoms with Gasteiger partial charge in [0.2, 0.25) is 0 Å². The van der Waals surface area contributed by atoms with Gasteiger partial charge in [0, 0.05) is 26.0 Å². The van der Waals surface area contributed by atoms with E-state index in [9.17, 15) is 4.79 Å². The smallest absolute Gasteiger partial charge is 0.319 e. The Balaban J connectivity index is 2.57. The maximum absolute atomic E-state index is 11.5. The predicted molar refractivity (Wildman–Crippen MR) is 59.9 cm³/mol. The van der Waals surface area contributed by atoms with E-state index in [2.05, 4.69) is 0 Å². The van der Waals surface area contributed by atoms with Gasteiger partial charge in [0.25, 0.3) is 0 Å². The molecule has 1 heterocycles. The number of hydrogen-bond acceptors (Lipinski definition) is 2. The summed E-state index contributed by atoms with van der Waals surface area (Å²) in [6, 6.07) is 3.77. The van der Waals surface area contributed by atoms with Gasteiger partial charge >= 0.3 is 6.03 Å². The van der Waals surface area contributed by atoms with Crippen molar-refractivity contribution in [1.29, 1.82) is 0 Å². The molecule has 0 saturated carbocycles. The molecular formula is C9H13ClN2OS. The summed E-state index contributed by atoms with van der Waals surface area (Å²) >= 11 is 7.29. The third kappa shape index (κ3) is 2.89. The lowest BCUT2D eigenvalue weighted by Crippen LogP contribution is -2.35. The SMILES string of the molecule is CN(C)C(=O)N(C)Cc1ccc(Cl)s1. The Kier molecular flexibility index (Phi) is 3.77. The van der Waals surface area contributed by atoms with Crippen molar-refractivity contribution in [2.45, 2.75) is 6.54 Å². The molecule has 0 saturated heterocycles. The minimum Gasteiger partial charge on any atom is -0.331 e. The van der Waals surface area contributed by atoms with E-state index in [-0.39, 0.29) is 6.03 Å². The first-order valence-corrected chi connectivity index (χ1v) is 5.37. The lowest BCUT2D eigenvalue weighted by molar-refractivity contribution is 0.180. The molecule has 0 aliphatic heterocycles. The maximum Gasteiger partial charge on any atom is 0.319 e. The molecule has 0 bridgehead atoms. The molecule has 0 aromatic carbocycles.